The van der Waals surface area contributed by atoms with Gasteiger partial charge in [-0.1, -0.05) is 66.7 Å². The van der Waals surface area contributed by atoms with Gasteiger partial charge in [0.25, 0.3) is 0 Å². The fourth-order valence-corrected chi connectivity index (χ4v) is 5.43. The van der Waals surface area contributed by atoms with Crippen LogP contribution in [0.25, 0.3) is 11.1 Å². The number of rotatable bonds is 12. The molecule has 1 heterocycles. The van der Waals surface area contributed by atoms with Gasteiger partial charge in [-0.15, -0.1) is 0 Å². The summed E-state index contributed by atoms with van der Waals surface area (Å²) < 4.78 is 6.00. The zero-order valence-electron chi connectivity index (χ0n) is 24.9. The second kappa shape index (κ2) is 14.0. The van der Waals surface area contributed by atoms with Gasteiger partial charge in [-0.2, -0.15) is 0 Å². The maximum Gasteiger partial charge on any atom is 0.246 e. The van der Waals surface area contributed by atoms with E-state index in [-0.39, 0.29) is 11.8 Å². The number of hydrogen-bond donors (Lipinski definition) is 2. The van der Waals surface area contributed by atoms with E-state index in [0.29, 0.717) is 31.7 Å². The van der Waals surface area contributed by atoms with E-state index in [4.69, 9.17) is 10.5 Å². The first-order valence-corrected chi connectivity index (χ1v) is 14.9. The molecule has 1 aliphatic heterocycles. The van der Waals surface area contributed by atoms with Crippen LogP contribution in [-0.4, -0.2) is 49.4 Å². The first-order chi connectivity index (χ1) is 20.9. The minimum atomic E-state index is -0.632. The average Bonchev–Trinajstić information content (AvgIpc) is 3.03. The van der Waals surface area contributed by atoms with Crippen LogP contribution in [0.15, 0.2) is 103 Å². The SMILES string of the molecule is CN(C)c1ccc(Oc2ccc(C[C@@H]3NC(=O)[C@H](CCCCN)N(Cc4ccc(-c5ccccc5)cc4)C3=O)cc2)cc1. The molecule has 0 aromatic heterocycles. The molecule has 2 amide bonds. The van der Waals surface area contributed by atoms with Crippen LogP contribution in [0.1, 0.15) is 30.4 Å². The molecule has 0 aliphatic carbocycles. The van der Waals surface area contributed by atoms with Crippen LogP contribution < -0.4 is 20.7 Å². The van der Waals surface area contributed by atoms with E-state index in [1.807, 2.05) is 97.9 Å². The first kappa shape index (κ1) is 29.9. The summed E-state index contributed by atoms with van der Waals surface area (Å²) in [4.78, 5) is 31.0. The van der Waals surface area contributed by atoms with Gasteiger partial charge in [0, 0.05) is 32.7 Å². The third-order valence-electron chi connectivity index (χ3n) is 7.87. The molecule has 1 aliphatic rings. The van der Waals surface area contributed by atoms with Crippen LogP contribution in [0.4, 0.5) is 5.69 Å². The third kappa shape index (κ3) is 7.62. The zero-order valence-corrected chi connectivity index (χ0v) is 24.9. The second-order valence-corrected chi connectivity index (χ2v) is 11.2. The minimum Gasteiger partial charge on any atom is -0.457 e. The largest absolute Gasteiger partial charge is 0.457 e. The monoisotopic (exact) mass is 576 g/mol. The van der Waals surface area contributed by atoms with Gasteiger partial charge in [-0.3, -0.25) is 9.59 Å². The standard InChI is InChI=1S/C36H40N4O3/c1-39(2)30-17-21-32(22-18-30)43-31-19-13-26(14-20-31)24-33-36(42)40(34(35(41)38-33)10-6-7-23-37)25-27-11-15-29(16-12-27)28-8-4-3-5-9-28/h3-5,8-9,11-22,33-34H,6-7,10,23-25,37H2,1-2H3,(H,38,41)/t33-,34-/m0/s1. The highest BCUT2D eigenvalue weighted by Crippen LogP contribution is 2.26. The lowest BCUT2D eigenvalue weighted by molar-refractivity contribution is -0.150. The molecule has 2 atom stereocenters. The molecule has 1 saturated heterocycles. The Balaban J connectivity index is 1.27. The number of benzene rings is 4. The first-order valence-electron chi connectivity index (χ1n) is 14.9. The van der Waals surface area contributed by atoms with Crippen LogP contribution in [-0.2, 0) is 22.6 Å². The lowest BCUT2D eigenvalue weighted by Gasteiger charge is -2.39. The third-order valence-corrected chi connectivity index (χ3v) is 7.87. The van der Waals surface area contributed by atoms with Crippen molar-refractivity contribution in [3.63, 3.8) is 0 Å². The Morgan fingerprint density at radius 3 is 2.00 bits per heavy atom. The summed E-state index contributed by atoms with van der Waals surface area (Å²) in [5.74, 6) is 1.29. The Labute approximate surface area is 254 Å². The molecule has 0 spiro atoms. The number of carbonyl (C=O) groups is 2. The van der Waals surface area contributed by atoms with Crippen LogP contribution in [0, 0.1) is 0 Å². The molecular formula is C36H40N4O3. The molecule has 0 radical (unpaired) electrons. The van der Waals surface area contributed by atoms with Crippen molar-refractivity contribution in [3.8, 4) is 22.6 Å². The molecule has 1 fully saturated rings. The summed E-state index contributed by atoms with van der Waals surface area (Å²) in [6.07, 6.45) is 2.59. The fourth-order valence-electron chi connectivity index (χ4n) is 5.43. The number of piperazine rings is 1. The molecule has 0 saturated carbocycles. The molecule has 43 heavy (non-hydrogen) atoms. The number of nitrogens with zero attached hydrogens (tertiary/aromatic N) is 2. The Morgan fingerprint density at radius 2 is 1.37 bits per heavy atom. The Bertz CT molecular complexity index is 1490. The molecule has 0 bridgehead atoms. The summed E-state index contributed by atoms with van der Waals surface area (Å²) in [5.41, 5.74) is 11.0. The predicted octanol–water partition coefficient (Wildman–Crippen LogP) is 5.78. The molecule has 7 nitrogen and oxygen atoms in total. The number of anilines is 1. The van der Waals surface area contributed by atoms with Crippen molar-refractivity contribution in [1.82, 2.24) is 10.2 Å². The van der Waals surface area contributed by atoms with Crippen LogP contribution >= 0.6 is 0 Å². The number of amides is 2. The maximum atomic E-state index is 13.9. The van der Waals surface area contributed by atoms with E-state index >= 15 is 0 Å². The topological polar surface area (TPSA) is 87.9 Å². The normalized spacial score (nSPS) is 16.6. The Hall–Kier alpha value is -4.62. The second-order valence-electron chi connectivity index (χ2n) is 11.2. The number of nitrogens with one attached hydrogen (secondary N) is 1. The van der Waals surface area contributed by atoms with Crippen molar-refractivity contribution in [3.05, 3.63) is 114 Å². The molecule has 0 unspecified atom stereocenters. The molecule has 4 aromatic carbocycles. The molecule has 7 heteroatoms. The van der Waals surface area contributed by atoms with Gasteiger partial charge < -0.3 is 25.6 Å². The lowest BCUT2D eigenvalue weighted by Crippen LogP contribution is -2.63. The summed E-state index contributed by atoms with van der Waals surface area (Å²) in [6.45, 7) is 0.942. The number of ether oxygens (including phenoxy) is 1. The Morgan fingerprint density at radius 1 is 0.767 bits per heavy atom. The lowest BCUT2D eigenvalue weighted by atomic mass is 9.96. The number of nitrogens with two attached hydrogens (primary N) is 1. The number of unbranched alkanes of at least 4 members (excludes halogenated alkanes) is 1. The van der Waals surface area contributed by atoms with Crippen molar-refractivity contribution in [1.29, 1.82) is 0 Å². The molecule has 222 valence electrons. The maximum absolute atomic E-state index is 13.9. The smallest absolute Gasteiger partial charge is 0.246 e. The van der Waals surface area contributed by atoms with E-state index < -0.39 is 12.1 Å². The van der Waals surface area contributed by atoms with E-state index in [1.165, 1.54) is 0 Å². The van der Waals surface area contributed by atoms with E-state index in [1.54, 1.807) is 4.90 Å². The van der Waals surface area contributed by atoms with Crippen LogP contribution in [0.5, 0.6) is 11.5 Å². The minimum absolute atomic E-state index is 0.0641. The van der Waals surface area contributed by atoms with Gasteiger partial charge in [-0.25, -0.2) is 0 Å². The highest BCUT2D eigenvalue weighted by Gasteiger charge is 2.40. The molecular weight excluding hydrogens is 536 g/mol. The van der Waals surface area contributed by atoms with Gasteiger partial charge in [0.05, 0.1) is 0 Å². The van der Waals surface area contributed by atoms with Crippen molar-refractivity contribution in [2.24, 2.45) is 5.73 Å². The van der Waals surface area contributed by atoms with Crippen molar-refractivity contribution < 1.29 is 14.3 Å². The van der Waals surface area contributed by atoms with Gasteiger partial charge in [0.15, 0.2) is 0 Å². The quantitative estimate of drug-likeness (QED) is 0.209. The van der Waals surface area contributed by atoms with Crippen molar-refractivity contribution in [2.75, 3.05) is 25.5 Å². The van der Waals surface area contributed by atoms with Crippen molar-refractivity contribution in [2.45, 2.75) is 44.3 Å². The van der Waals surface area contributed by atoms with Crippen LogP contribution in [0.2, 0.25) is 0 Å². The van der Waals surface area contributed by atoms with E-state index in [2.05, 4.69) is 29.6 Å². The highest BCUT2D eigenvalue weighted by atomic mass is 16.5. The summed E-state index contributed by atoms with van der Waals surface area (Å²) in [5, 5.41) is 3.01. The molecule has 3 N–H and O–H groups in total. The van der Waals surface area contributed by atoms with Gasteiger partial charge in [0.1, 0.15) is 23.6 Å². The van der Waals surface area contributed by atoms with Gasteiger partial charge >= 0.3 is 0 Å². The van der Waals surface area contributed by atoms with Gasteiger partial charge in [0.2, 0.25) is 11.8 Å². The van der Waals surface area contributed by atoms with E-state index in [0.717, 1.165) is 46.5 Å². The predicted molar refractivity (Wildman–Crippen MR) is 172 cm³/mol. The van der Waals surface area contributed by atoms with Gasteiger partial charge in [-0.05, 0) is 84.5 Å². The van der Waals surface area contributed by atoms with Crippen molar-refractivity contribution >= 4 is 17.5 Å². The Kier molecular flexibility index (Phi) is 9.74. The summed E-state index contributed by atoms with van der Waals surface area (Å²) in [6, 6.07) is 32.8. The molecule has 5 rings (SSSR count). The average molecular weight is 577 g/mol. The fraction of sp³-hybridized carbons (Fsp3) is 0.278. The highest BCUT2D eigenvalue weighted by molar-refractivity contribution is 5.97. The van der Waals surface area contributed by atoms with E-state index in [9.17, 15) is 9.59 Å². The zero-order chi connectivity index (χ0) is 30.2. The van der Waals surface area contributed by atoms with Crippen LogP contribution in [0.3, 0.4) is 0 Å². The number of carbonyl (C=O) groups excluding carboxylic acids is 2. The molecule has 4 aromatic rings. The summed E-state index contributed by atoms with van der Waals surface area (Å²) in [7, 11) is 4.00. The summed E-state index contributed by atoms with van der Waals surface area (Å²) >= 11 is 0. The number of hydrogen-bond acceptors (Lipinski definition) is 5.